The number of carbonyl (C=O) groups excluding carboxylic acids is 2. The van der Waals surface area contributed by atoms with Gasteiger partial charge in [-0.25, -0.2) is 4.79 Å². The highest BCUT2D eigenvalue weighted by Gasteiger charge is 2.23. The van der Waals surface area contributed by atoms with Gasteiger partial charge in [-0.3, -0.25) is 4.79 Å². The number of nitrogens with one attached hydrogen (secondary N) is 1. The first-order valence-corrected chi connectivity index (χ1v) is 13.8. The predicted octanol–water partition coefficient (Wildman–Crippen LogP) is 6.47. The predicted molar refractivity (Wildman–Crippen MR) is 150 cm³/mol. The van der Waals surface area contributed by atoms with Crippen molar-refractivity contribution in [3.05, 3.63) is 70.1 Å². The van der Waals surface area contributed by atoms with Crippen LogP contribution in [0.5, 0.6) is 0 Å². The van der Waals surface area contributed by atoms with Crippen LogP contribution in [0.2, 0.25) is 0 Å². The Bertz CT molecular complexity index is 1440. The second-order valence-corrected chi connectivity index (χ2v) is 11.0. The quantitative estimate of drug-likeness (QED) is 0.206. The van der Waals surface area contributed by atoms with Crippen LogP contribution in [0.3, 0.4) is 0 Å². The third kappa shape index (κ3) is 5.78. The Kier molecular flexibility index (Phi) is 8.14. The maximum Gasteiger partial charge on any atom is 0.341 e. The van der Waals surface area contributed by atoms with Crippen LogP contribution in [0.1, 0.15) is 46.8 Å². The number of aryl methyl sites for hydroxylation is 2. The number of nitrogens with zero attached hydrogens (tertiary/aromatic N) is 3. The maximum atomic E-state index is 12.9. The van der Waals surface area contributed by atoms with Crippen molar-refractivity contribution in [2.24, 2.45) is 7.05 Å². The molecule has 0 aliphatic heterocycles. The van der Waals surface area contributed by atoms with Crippen molar-refractivity contribution < 1.29 is 14.3 Å². The first-order valence-electron chi connectivity index (χ1n) is 11.9. The first kappa shape index (κ1) is 26.6. The third-order valence-electron chi connectivity index (χ3n) is 6.12. The van der Waals surface area contributed by atoms with Crippen LogP contribution in [0, 0.1) is 13.8 Å². The molecule has 0 saturated carbocycles. The summed E-state index contributed by atoms with van der Waals surface area (Å²) in [5.41, 5.74) is 6.42. The number of benzene rings is 2. The molecule has 2 aromatic heterocycles. The van der Waals surface area contributed by atoms with Crippen molar-refractivity contribution in [3.8, 4) is 22.5 Å². The topological polar surface area (TPSA) is 86.1 Å². The molecule has 0 aliphatic carbocycles. The Morgan fingerprint density at radius 3 is 2.49 bits per heavy atom. The van der Waals surface area contributed by atoms with E-state index in [0.717, 1.165) is 33.6 Å². The Hall–Kier alpha value is -3.43. The SMILES string of the molecule is COC(=O)c1c(-c2cc(C)ccc2C)csc1NC(=O)CSc1nnc(-c2ccc(C(C)C)cc2)n1C. The number of amides is 1. The largest absolute Gasteiger partial charge is 0.465 e. The molecule has 0 fully saturated rings. The Labute approximate surface area is 225 Å². The molecule has 0 saturated heterocycles. The molecular weight excluding hydrogens is 504 g/mol. The fourth-order valence-corrected chi connectivity index (χ4v) is 5.66. The summed E-state index contributed by atoms with van der Waals surface area (Å²) in [6.07, 6.45) is 0. The van der Waals surface area contributed by atoms with Crippen LogP contribution in [0.15, 0.2) is 53.0 Å². The van der Waals surface area contributed by atoms with Gasteiger partial charge in [0.15, 0.2) is 11.0 Å². The van der Waals surface area contributed by atoms with Gasteiger partial charge in [-0.1, -0.05) is 73.6 Å². The first-order chi connectivity index (χ1) is 17.7. The van der Waals surface area contributed by atoms with Crippen molar-refractivity contribution in [1.29, 1.82) is 0 Å². The lowest BCUT2D eigenvalue weighted by molar-refractivity contribution is -0.113. The number of rotatable bonds is 8. The minimum absolute atomic E-state index is 0.121. The van der Waals surface area contributed by atoms with E-state index in [2.05, 4.69) is 41.5 Å². The van der Waals surface area contributed by atoms with Crippen LogP contribution in [-0.2, 0) is 16.6 Å². The van der Waals surface area contributed by atoms with Gasteiger partial charge in [0.1, 0.15) is 10.6 Å². The molecule has 1 amide bonds. The van der Waals surface area contributed by atoms with E-state index in [9.17, 15) is 9.59 Å². The monoisotopic (exact) mass is 534 g/mol. The lowest BCUT2D eigenvalue weighted by atomic mass is 9.97. The van der Waals surface area contributed by atoms with Crippen molar-refractivity contribution in [2.45, 2.75) is 38.8 Å². The molecule has 0 radical (unpaired) electrons. The standard InChI is InChI=1S/C28H30N4O3S2/c1-16(2)19-9-11-20(12-10-19)25-30-31-28(32(25)5)37-15-23(33)29-26-24(27(34)35-6)22(14-36-26)21-13-17(3)7-8-18(21)4/h7-14,16H,15H2,1-6H3,(H,29,33). The summed E-state index contributed by atoms with van der Waals surface area (Å²) in [4.78, 5) is 25.6. The Morgan fingerprint density at radius 1 is 1.08 bits per heavy atom. The number of thioether (sulfide) groups is 1. The van der Waals surface area contributed by atoms with E-state index in [1.807, 2.05) is 61.2 Å². The van der Waals surface area contributed by atoms with Crippen LogP contribution < -0.4 is 5.32 Å². The molecule has 2 heterocycles. The molecule has 0 atom stereocenters. The summed E-state index contributed by atoms with van der Waals surface area (Å²) < 4.78 is 6.93. The number of methoxy groups -OCH3 is 1. The Balaban J connectivity index is 1.49. The van der Waals surface area contributed by atoms with Gasteiger partial charge in [0.2, 0.25) is 5.91 Å². The van der Waals surface area contributed by atoms with Crippen molar-refractivity contribution >= 4 is 40.0 Å². The van der Waals surface area contributed by atoms with Crippen LogP contribution in [0.25, 0.3) is 22.5 Å². The third-order valence-corrected chi connectivity index (χ3v) is 8.04. The summed E-state index contributed by atoms with van der Waals surface area (Å²) in [5.74, 6) is 0.591. The molecule has 0 spiro atoms. The van der Waals surface area contributed by atoms with Gasteiger partial charge in [-0.05, 0) is 36.5 Å². The van der Waals surface area contributed by atoms with Gasteiger partial charge in [-0.15, -0.1) is 21.5 Å². The maximum absolute atomic E-state index is 12.9. The van der Waals surface area contributed by atoms with Crippen LogP contribution in [-0.4, -0.2) is 39.5 Å². The van der Waals surface area contributed by atoms with E-state index >= 15 is 0 Å². The molecule has 4 rings (SSSR count). The minimum Gasteiger partial charge on any atom is -0.465 e. The second kappa shape index (κ2) is 11.3. The average Bonchev–Trinajstić information content (AvgIpc) is 3.46. The van der Waals surface area contributed by atoms with Crippen LogP contribution >= 0.6 is 23.1 Å². The molecule has 0 aliphatic rings. The normalized spacial score (nSPS) is 11.1. The second-order valence-electron chi connectivity index (χ2n) is 9.14. The summed E-state index contributed by atoms with van der Waals surface area (Å²) in [7, 11) is 3.23. The fourth-order valence-electron chi connectivity index (χ4n) is 3.98. The van der Waals surface area contributed by atoms with E-state index in [1.165, 1.54) is 35.8 Å². The molecule has 192 valence electrons. The number of thiophene rings is 1. The number of aromatic nitrogens is 3. The number of hydrogen-bond donors (Lipinski definition) is 1. The number of ether oxygens (including phenoxy) is 1. The van der Waals surface area contributed by atoms with E-state index < -0.39 is 5.97 Å². The summed E-state index contributed by atoms with van der Waals surface area (Å²) in [6, 6.07) is 14.4. The molecule has 2 aromatic carbocycles. The van der Waals surface area contributed by atoms with Gasteiger partial charge in [0.25, 0.3) is 0 Å². The molecule has 9 heteroatoms. The fraction of sp³-hybridized carbons (Fsp3) is 0.286. The number of esters is 1. The zero-order valence-electron chi connectivity index (χ0n) is 21.8. The van der Waals surface area contributed by atoms with E-state index in [0.29, 0.717) is 21.6 Å². The lowest BCUT2D eigenvalue weighted by Crippen LogP contribution is -2.16. The van der Waals surface area contributed by atoms with E-state index in [4.69, 9.17) is 4.74 Å². The van der Waals surface area contributed by atoms with E-state index in [1.54, 1.807) is 0 Å². The number of anilines is 1. The zero-order valence-corrected chi connectivity index (χ0v) is 23.4. The number of carbonyl (C=O) groups is 2. The highest BCUT2D eigenvalue weighted by atomic mass is 32.2. The molecule has 0 bridgehead atoms. The summed E-state index contributed by atoms with van der Waals surface area (Å²) in [6.45, 7) is 8.32. The minimum atomic E-state index is -0.485. The Morgan fingerprint density at radius 2 is 1.81 bits per heavy atom. The van der Waals surface area contributed by atoms with Gasteiger partial charge in [0.05, 0.1) is 12.9 Å². The van der Waals surface area contributed by atoms with E-state index in [-0.39, 0.29) is 11.7 Å². The highest BCUT2D eigenvalue weighted by molar-refractivity contribution is 7.99. The van der Waals surface area contributed by atoms with Crippen LogP contribution in [0.4, 0.5) is 5.00 Å². The average molecular weight is 535 g/mol. The van der Waals surface area contributed by atoms with Crippen molar-refractivity contribution in [2.75, 3.05) is 18.2 Å². The van der Waals surface area contributed by atoms with Gasteiger partial charge in [0, 0.05) is 23.6 Å². The smallest absolute Gasteiger partial charge is 0.341 e. The molecule has 0 unspecified atom stereocenters. The molecule has 4 aromatic rings. The molecular formula is C28H30N4O3S2. The highest BCUT2D eigenvalue weighted by Crippen LogP contribution is 2.38. The molecule has 7 nitrogen and oxygen atoms in total. The lowest BCUT2D eigenvalue weighted by Gasteiger charge is -2.10. The number of hydrogen-bond acceptors (Lipinski definition) is 7. The molecule has 37 heavy (non-hydrogen) atoms. The van der Waals surface area contributed by atoms with Crippen molar-refractivity contribution in [3.63, 3.8) is 0 Å². The van der Waals surface area contributed by atoms with Gasteiger partial charge >= 0.3 is 5.97 Å². The zero-order chi connectivity index (χ0) is 26.7. The summed E-state index contributed by atoms with van der Waals surface area (Å²) in [5, 5.41) is 14.5. The summed E-state index contributed by atoms with van der Waals surface area (Å²) >= 11 is 2.60. The molecule has 1 N–H and O–H groups in total. The van der Waals surface area contributed by atoms with Crippen molar-refractivity contribution in [1.82, 2.24) is 14.8 Å². The van der Waals surface area contributed by atoms with Gasteiger partial charge < -0.3 is 14.6 Å². The van der Waals surface area contributed by atoms with Gasteiger partial charge in [-0.2, -0.15) is 0 Å².